The Hall–Kier alpha value is -1.63. The van der Waals surface area contributed by atoms with Gasteiger partial charge in [0.15, 0.2) is 0 Å². The van der Waals surface area contributed by atoms with Gasteiger partial charge in [-0.1, -0.05) is 11.6 Å². The number of benzene rings is 1. The van der Waals surface area contributed by atoms with E-state index in [1.807, 2.05) is 0 Å². The van der Waals surface area contributed by atoms with E-state index in [2.05, 4.69) is 5.43 Å². The van der Waals surface area contributed by atoms with Crippen molar-refractivity contribution in [3.05, 3.63) is 50.9 Å². The van der Waals surface area contributed by atoms with Gasteiger partial charge in [0.25, 0.3) is 5.91 Å². The molecule has 7 heteroatoms. The summed E-state index contributed by atoms with van der Waals surface area (Å²) < 4.78 is 18.3. The number of hydrazine groups is 1. The molecule has 1 aromatic carbocycles. The lowest BCUT2D eigenvalue weighted by Crippen LogP contribution is -2.29. The smallest absolute Gasteiger partial charge is 0.275 e. The number of carbonyl (C=O) groups is 1. The Morgan fingerprint density at radius 3 is 2.89 bits per heavy atom. The number of nitrogens with two attached hydrogens (primary N) is 1. The second-order valence-corrected chi connectivity index (χ2v) is 5.18. The Labute approximate surface area is 117 Å². The molecule has 1 aromatic heterocycles. The van der Waals surface area contributed by atoms with Crippen LogP contribution in [0.5, 0.6) is 5.75 Å². The molecular weight excluding hydrogens is 291 g/mol. The van der Waals surface area contributed by atoms with Crippen LogP contribution in [0.3, 0.4) is 0 Å². The fourth-order valence-corrected chi connectivity index (χ4v) is 2.44. The summed E-state index contributed by atoms with van der Waals surface area (Å²) in [7, 11) is 0. The molecule has 0 spiro atoms. The number of nitrogens with one attached hydrogen (secondary N) is 1. The van der Waals surface area contributed by atoms with Crippen molar-refractivity contribution in [1.29, 1.82) is 0 Å². The summed E-state index contributed by atoms with van der Waals surface area (Å²) in [4.78, 5) is 12.6. The molecule has 0 saturated heterocycles. The van der Waals surface area contributed by atoms with Crippen LogP contribution in [0.15, 0.2) is 30.3 Å². The molecule has 0 aliphatic rings. The molecule has 1 amide bonds. The Bertz CT molecular complexity index is 603. The first kappa shape index (κ1) is 13.8. The van der Waals surface area contributed by atoms with Crippen LogP contribution in [-0.4, -0.2) is 5.91 Å². The van der Waals surface area contributed by atoms with Crippen molar-refractivity contribution in [2.24, 2.45) is 5.84 Å². The topological polar surface area (TPSA) is 64.3 Å². The van der Waals surface area contributed by atoms with Crippen LogP contribution < -0.4 is 16.0 Å². The second kappa shape index (κ2) is 6.01. The number of hydrogen-bond donors (Lipinski definition) is 2. The van der Waals surface area contributed by atoms with Crippen molar-refractivity contribution in [2.45, 2.75) is 6.61 Å². The maximum atomic E-state index is 12.8. The summed E-state index contributed by atoms with van der Waals surface area (Å²) in [5, 5.41) is 0.205. The Morgan fingerprint density at radius 2 is 2.21 bits per heavy atom. The Balaban J connectivity index is 2.02. The van der Waals surface area contributed by atoms with Crippen molar-refractivity contribution in [2.75, 3.05) is 0 Å². The molecule has 0 fully saturated rings. The fourth-order valence-electron chi connectivity index (χ4n) is 1.39. The third kappa shape index (κ3) is 3.44. The Kier molecular flexibility index (Phi) is 4.36. The molecule has 0 bridgehead atoms. The van der Waals surface area contributed by atoms with E-state index in [0.29, 0.717) is 10.6 Å². The molecule has 0 saturated carbocycles. The lowest BCUT2D eigenvalue weighted by molar-refractivity contribution is 0.0957. The van der Waals surface area contributed by atoms with Crippen molar-refractivity contribution < 1.29 is 13.9 Å². The molecule has 0 atom stereocenters. The SMILES string of the molecule is NNC(=O)c1ccc(COc2ccc(F)cc2Cl)s1. The van der Waals surface area contributed by atoms with Gasteiger partial charge in [0.1, 0.15) is 18.2 Å². The van der Waals surface area contributed by atoms with Gasteiger partial charge < -0.3 is 4.74 Å². The number of thiophene rings is 1. The van der Waals surface area contributed by atoms with Crippen molar-refractivity contribution in [3.8, 4) is 5.75 Å². The molecule has 0 aliphatic heterocycles. The van der Waals surface area contributed by atoms with Crippen LogP contribution in [-0.2, 0) is 6.61 Å². The molecule has 1 heterocycles. The zero-order chi connectivity index (χ0) is 13.8. The van der Waals surface area contributed by atoms with Crippen molar-refractivity contribution in [3.63, 3.8) is 0 Å². The fraction of sp³-hybridized carbons (Fsp3) is 0.0833. The van der Waals surface area contributed by atoms with Crippen LogP contribution in [0.4, 0.5) is 4.39 Å². The zero-order valence-corrected chi connectivity index (χ0v) is 11.2. The average Bonchev–Trinajstić information content (AvgIpc) is 2.85. The quantitative estimate of drug-likeness (QED) is 0.518. The summed E-state index contributed by atoms with van der Waals surface area (Å²) in [6, 6.07) is 7.31. The molecule has 2 aromatic rings. The van der Waals surface area contributed by atoms with Gasteiger partial charge >= 0.3 is 0 Å². The van der Waals surface area contributed by atoms with Gasteiger partial charge in [0.05, 0.1) is 9.90 Å². The predicted octanol–water partition coefficient (Wildman–Crippen LogP) is 2.72. The zero-order valence-electron chi connectivity index (χ0n) is 9.65. The largest absolute Gasteiger partial charge is 0.487 e. The molecular formula is C12H10ClFN2O2S. The summed E-state index contributed by atoms with van der Waals surface area (Å²) in [6.45, 7) is 0.244. The van der Waals surface area contributed by atoms with Crippen LogP contribution >= 0.6 is 22.9 Å². The Morgan fingerprint density at radius 1 is 1.42 bits per heavy atom. The highest BCUT2D eigenvalue weighted by Gasteiger charge is 2.09. The molecule has 100 valence electrons. The number of rotatable bonds is 4. The molecule has 3 N–H and O–H groups in total. The lowest BCUT2D eigenvalue weighted by atomic mass is 10.3. The number of amides is 1. The van der Waals surface area contributed by atoms with E-state index in [-0.39, 0.29) is 17.5 Å². The highest BCUT2D eigenvalue weighted by atomic mass is 35.5. The molecule has 0 aliphatic carbocycles. The number of carbonyl (C=O) groups excluding carboxylic acids is 1. The number of nitrogen functional groups attached to an aromatic ring is 1. The van der Waals surface area contributed by atoms with E-state index < -0.39 is 5.82 Å². The van der Waals surface area contributed by atoms with Gasteiger partial charge in [-0.3, -0.25) is 10.2 Å². The van der Waals surface area contributed by atoms with E-state index in [1.165, 1.54) is 29.5 Å². The third-order valence-electron chi connectivity index (χ3n) is 2.28. The first-order valence-electron chi connectivity index (χ1n) is 5.27. The van der Waals surface area contributed by atoms with Gasteiger partial charge in [0.2, 0.25) is 0 Å². The summed E-state index contributed by atoms with van der Waals surface area (Å²) >= 11 is 7.09. The first-order chi connectivity index (χ1) is 9.10. The summed E-state index contributed by atoms with van der Waals surface area (Å²) in [6.07, 6.45) is 0. The summed E-state index contributed by atoms with van der Waals surface area (Å²) in [5.41, 5.74) is 2.05. The maximum absolute atomic E-state index is 12.8. The minimum absolute atomic E-state index is 0.205. The summed E-state index contributed by atoms with van der Waals surface area (Å²) in [5.74, 6) is 4.65. The second-order valence-electron chi connectivity index (χ2n) is 3.60. The normalized spacial score (nSPS) is 10.3. The van der Waals surface area contributed by atoms with Crippen molar-refractivity contribution in [1.82, 2.24) is 5.43 Å². The van der Waals surface area contributed by atoms with Gasteiger partial charge in [0, 0.05) is 4.88 Å². The number of halogens is 2. The minimum atomic E-state index is -0.421. The molecule has 4 nitrogen and oxygen atoms in total. The average molecular weight is 301 g/mol. The van der Waals surface area contributed by atoms with Crippen molar-refractivity contribution >= 4 is 28.8 Å². The molecule has 0 radical (unpaired) electrons. The van der Waals surface area contributed by atoms with Gasteiger partial charge in [-0.15, -0.1) is 11.3 Å². The molecule has 2 rings (SSSR count). The van der Waals surface area contributed by atoms with Gasteiger partial charge in [-0.2, -0.15) is 0 Å². The van der Waals surface area contributed by atoms with E-state index in [1.54, 1.807) is 12.1 Å². The first-order valence-corrected chi connectivity index (χ1v) is 6.47. The minimum Gasteiger partial charge on any atom is -0.487 e. The monoisotopic (exact) mass is 300 g/mol. The van der Waals surface area contributed by atoms with Crippen LogP contribution in [0, 0.1) is 5.82 Å². The van der Waals surface area contributed by atoms with E-state index in [4.69, 9.17) is 22.2 Å². The van der Waals surface area contributed by atoms with Crippen LogP contribution in [0.2, 0.25) is 5.02 Å². The highest BCUT2D eigenvalue weighted by molar-refractivity contribution is 7.14. The van der Waals surface area contributed by atoms with Gasteiger partial charge in [-0.25, -0.2) is 10.2 Å². The molecule has 0 unspecified atom stereocenters. The predicted molar refractivity (Wildman–Crippen MR) is 71.7 cm³/mol. The lowest BCUT2D eigenvalue weighted by Gasteiger charge is -2.06. The van der Waals surface area contributed by atoms with E-state index in [9.17, 15) is 9.18 Å². The standard InChI is InChI=1S/C12H10ClFN2O2S/c13-9-5-7(14)1-3-10(9)18-6-8-2-4-11(19-8)12(17)16-15/h1-5H,6,15H2,(H,16,17). The number of hydrogen-bond acceptors (Lipinski definition) is 4. The highest BCUT2D eigenvalue weighted by Crippen LogP contribution is 2.26. The molecule has 19 heavy (non-hydrogen) atoms. The number of ether oxygens (including phenoxy) is 1. The maximum Gasteiger partial charge on any atom is 0.275 e. The van der Waals surface area contributed by atoms with Crippen LogP contribution in [0.25, 0.3) is 0 Å². The van der Waals surface area contributed by atoms with Crippen LogP contribution in [0.1, 0.15) is 14.5 Å². The van der Waals surface area contributed by atoms with E-state index in [0.717, 1.165) is 4.88 Å². The van der Waals surface area contributed by atoms with E-state index >= 15 is 0 Å². The third-order valence-corrected chi connectivity index (χ3v) is 3.63. The van der Waals surface area contributed by atoms with Gasteiger partial charge in [-0.05, 0) is 30.3 Å².